The average molecular weight is 476 g/mol. The number of benzene rings is 3. The van der Waals surface area contributed by atoms with Gasteiger partial charge >= 0.3 is 0 Å². The molecule has 0 bridgehead atoms. The smallest absolute Gasteiger partial charge is 0.255 e. The molecule has 7 heteroatoms. The number of methoxy groups -OCH3 is 1. The van der Waals surface area contributed by atoms with Crippen molar-refractivity contribution in [1.29, 1.82) is 0 Å². The van der Waals surface area contributed by atoms with Gasteiger partial charge in [0.1, 0.15) is 18.1 Å². The number of anilines is 1. The number of hydrogen-bond acceptors (Lipinski definition) is 4. The molecular formula is C27H26ClN3O3. The Morgan fingerprint density at radius 1 is 1.03 bits per heavy atom. The lowest BCUT2D eigenvalue weighted by Gasteiger charge is -2.14. The Labute approximate surface area is 204 Å². The van der Waals surface area contributed by atoms with Crippen LogP contribution in [0.4, 0.5) is 5.69 Å². The van der Waals surface area contributed by atoms with Crippen molar-refractivity contribution in [3.63, 3.8) is 0 Å². The molecule has 0 aliphatic carbocycles. The van der Waals surface area contributed by atoms with E-state index in [0.29, 0.717) is 28.6 Å². The fourth-order valence-corrected chi connectivity index (χ4v) is 3.67. The Bertz CT molecular complexity index is 1300. The largest absolute Gasteiger partial charge is 0.496 e. The molecule has 0 spiro atoms. The lowest BCUT2D eigenvalue weighted by atomic mass is 10.1. The van der Waals surface area contributed by atoms with E-state index in [-0.39, 0.29) is 12.5 Å². The van der Waals surface area contributed by atoms with Crippen molar-refractivity contribution in [3.8, 4) is 11.5 Å². The first-order valence-electron chi connectivity index (χ1n) is 10.9. The highest BCUT2D eigenvalue weighted by Gasteiger charge is 2.13. The second-order valence-corrected chi connectivity index (χ2v) is 8.53. The van der Waals surface area contributed by atoms with E-state index >= 15 is 0 Å². The lowest BCUT2D eigenvalue weighted by molar-refractivity contribution is 0.102. The van der Waals surface area contributed by atoms with Crippen LogP contribution in [-0.2, 0) is 13.2 Å². The van der Waals surface area contributed by atoms with Crippen molar-refractivity contribution >= 4 is 23.2 Å². The van der Waals surface area contributed by atoms with Crippen LogP contribution in [-0.4, -0.2) is 22.8 Å². The van der Waals surface area contributed by atoms with E-state index in [1.54, 1.807) is 42.4 Å². The average Bonchev–Trinajstić information content (AvgIpc) is 3.27. The van der Waals surface area contributed by atoms with Gasteiger partial charge in [0.25, 0.3) is 5.91 Å². The van der Waals surface area contributed by atoms with E-state index in [2.05, 4.69) is 10.4 Å². The summed E-state index contributed by atoms with van der Waals surface area (Å²) in [5.74, 6) is 1.24. The van der Waals surface area contributed by atoms with E-state index in [1.165, 1.54) is 0 Å². The lowest BCUT2D eigenvalue weighted by Crippen LogP contribution is -2.12. The molecule has 0 saturated carbocycles. The Morgan fingerprint density at radius 2 is 1.82 bits per heavy atom. The third kappa shape index (κ3) is 5.77. The molecule has 174 valence electrons. The Balaban J connectivity index is 1.44. The highest BCUT2D eigenvalue weighted by molar-refractivity contribution is 6.30. The number of carbonyl (C=O) groups is 1. The number of hydrogen-bond donors (Lipinski definition) is 1. The van der Waals surface area contributed by atoms with E-state index in [1.807, 2.05) is 56.3 Å². The summed E-state index contributed by atoms with van der Waals surface area (Å²) in [4.78, 5) is 12.9. The quantitative estimate of drug-likeness (QED) is 0.337. The molecule has 4 aromatic rings. The van der Waals surface area contributed by atoms with Crippen LogP contribution >= 0.6 is 11.6 Å². The minimum Gasteiger partial charge on any atom is -0.496 e. The molecule has 1 amide bonds. The fraction of sp³-hybridized carbons (Fsp3) is 0.185. The minimum absolute atomic E-state index is 0.235. The number of aromatic nitrogens is 2. The van der Waals surface area contributed by atoms with Crippen LogP contribution in [0.5, 0.6) is 11.5 Å². The van der Waals surface area contributed by atoms with Crippen LogP contribution in [0.3, 0.4) is 0 Å². The van der Waals surface area contributed by atoms with Crippen molar-refractivity contribution in [2.24, 2.45) is 0 Å². The Morgan fingerprint density at radius 3 is 2.59 bits per heavy atom. The number of nitrogens with one attached hydrogen (secondary N) is 1. The number of ether oxygens (including phenoxy) is 2. The molecule has 0 atom stereocenters. The summed E-state index contributed by atoms with van der Waals surface area (Å²) in [6, 6.07) is 18.9. The molecule has 0 fully saturated rings. The molecule has 1 N–H and O–H groups in total. The highest BCUT2D eigenvalue weighted by atomic mass is 35.5. The number of amides is 1. The van der Waals surface area contributed by atoms with E-state index in [4.69, 9.17) is 21.1 Å². The normalized spacial score (nSPS) is 10.7. The Hall–Kier alpha value is -3.77. The topological polar surface area (TPSA) is 65.4 Å². The number of aryl methyl sites for hydroxylation is 2. The van der Waals surface area contributed by atoms with Gasteiger partial charge in [-0.25, -0.2) is 0 Å². The number of halogens is 1. The van der Waals surface area contributed by atoms with Gasteiger partial charge in [0.2, 0.25) is 0 Å². The number of carbonyl (C=O) groups excluding carboxylic acids is 1. The second-order valence-electron chi connectivity index (χ2n) is 8.09. The molecule has 4 rings (SSSR count). The molecule has 0 radical (unpaired) electrons. The molecule has 1 aromatic heterocycles. The van der Waals surface area contributed by atoms with Gasteiger partial charge in [-0.15, -0.1) is 0 Å². The third-order valence-corrected chi connectivity index (χ3v) is 5.67. The van der Waals surface area contributed by atoms with Crippen LogP contribution in [0.25, 0.3) is 0 Å². The van der Waals surface area contributed by atoms with Crippen molar-refractivity contribution in [2.45, 2.75) is 27.0 Å². The maximum Gasteiger partial charge on any atom is 0.255 e. The fourth-order valence-electron chi connectivity index (χ4n) is 3.55. The van der Waals surface area contributed by atoms with Crippen molar-refractivity contribution < 1.29 is 14.3 Å². The summed E-state index contributed by atoms with van der Waals surface area (Å²) in [6.07, 6.45) is 3.42. The van der Waals surface area contributed by atoms with Gasteiger partial charge in [-0.05, 0) is 66.9 Å². The Kier molecular flexibility index (Phi) is 7.18. The monoisotopic (exact) mass is 475 g/mol. The summed E-state index contributed by atoms with van der Waals surface area (Å²) < 4.78 is 13.3. The van der Waals surface area contributed by atoms with Crippen LogP contribution in [0.2, 0.25) is 5.02 Å². The SMILES string of the molecule is COc1ccc(C(=O)Nc2cnn(Cc3ccc(Cl)cc3)c2)cc1COc1cc(C)ccc1C. The predicted molar refractivity (Wildman–Crippen MR) is 134 cm³/mol. The van der Waals surface area contributed by atoms with Crippen LogP contribution in [0, 0.1) is 13.8 Å². The second kappa shape index (κ2) is 10.4. The van der Waals surface area contributed by atoms with Crippen LogP contribution < -0.4 is 14.8 Å². The molecule has 6 nitrogen and oxygen atoms in total. The van der Waals surface area contributed by atoms with Gasteiger partial charge in [-0.1, -0.05) is 35.9 Å². The first-order chi connectivity index (χ1) is 16.4. The molecule has 0 unspecified atom stereocenters. The van der Waals surface area contributed by atoms with Crippen molar-refractivity contribution in [1.82, 2.24) is 9.78 Å². The van der Waals surface area contributed by atoms with Gasteiger partial charge in [0, 0.05) is 22.3 Å². The van der Waals surface area contributed by atoms with Gasteiger partial charge in [0.15, 0.2) is 0 Å². The molecular weight excluding hydrogens is 450 g/mol. The summed E-state index contributed by atoms with van der Waals surface area (Å²) in [7, 11) is 1.60. The first-order valence-corrected chi connectivity index (χ1v) is 11.2. The molecule has 34 heavy (non-hydrogen) atoms. The molecule has 0 aliphatic rings. The highest BCUT2D eigenvalue weighted by Crippen LogP contribution is 2.25. The maximum atomic E-state index is 12.9. The summed E-state index contributed by atoms with van der Waals surface area (Å²) in [6.45, 7) is 4.89. The summed E-state index contributed by atoms with van der Waals surface area (Å²) in [5.41, 5.74) is 5.14. The summed E-state index contributed by atoms with van der Waals surface area (Å²) in [5, 5.41) is 7.93. The minimum atomic E-state index is -0.235. The van der Waals surface area contributed by atoms with Gasteiger partial charge in [-0.2, -0.15) is 5.10 Å². The number of nitrogens with zero attached hydrogens (tertiary/aromatic N) is 2. The van der Waals surface area contributed by atoms with Gasteiger partial charge in [-0.3, -0.25) is 9.48 Å². The zero-order valence-electron chi connectivity index (χ0n) is 19.3. The van der Waals surface area contributed by atoms with Gasteiger partial charge in [0.05, 0.1) is 25.5 Å². The standard InChI is InChI=1S/C27H26ClN3O3/c1-18-4-5-19(2)26(12-18)34-17-22-13-21(8-11-25(22)33-3)27(32)30-24-14-29-31(16-24)15-20-6-9-23(28)10-7-20/h4-14,16H,15,17H2,1-3H3,(H,30,32). The van der Waals surface area contributed by atoms with E-state index < -0.39 is 0 Å². The van der Waals surface area contributed by atoms with Crippen LogP contribution in [0.1, 0.15) is 32.6 Å². The third-order valence-electron chi connectivity index (χ3n) is 5.42. The van der Waals surface area contributed by atoms with Crippen molar-refractivity contribution in [3.05, 3.63) is 106 Å². The molecule has 0 saturated heterocycles. The zero-order chi connectivity index (χ0) is 24.1. The molecule has 1 heterocycles. The van der Waals surface area contributed by atoms with Crippen molar-refractivity contribution in [2.75, 3.05) is 12.4 Å². The zero-order valence-corrected chi connectivity index (χ0v) is 20.1. The molecule has 3 aromatic carbocycles. The predicted octanol–water partition coefficient (Wildman–Crippen LogP) is 6.04. The van der Waals surface area contributed by atoms with Crippen LogP contribution in [0.15, 0.2) is 73.1 Å². The van der Waals surface area contributed by atoms with Gasteiger partial charge < -0.3 is 14.8 Å². The van der Waals surface area contributed by atoms with E-state index in [0.717, 1.165) is 28.0 Å². The molecule has 0 aliphatic heterocycles. The number of rotatable bonds is 8. The first kappa shape index (κ1) is 23.4. The van der Waals surface area contributed by atoms with E-state index in [9.17, 15) is 4.79 Å². The maximum absolute atomic E-state index is 12.9. The summed E-state index contributed by atoms with van der Waals surface area (Å²) >= 11 is 5.94.